The summed E-state index contributed by atoms with van der Waals surface area (Å²) in [5, 5.41) is 16.9. The largest absolute Gasteiger partial charge is 0.443 e. The van der Waals surface area contributed by atoms with Crippen LogP contribution >= 0.6 is 0 Å². The van der Waals surface area contributed by atoms with Crippen LogP contribution in [0.1, 0.15) is 81.4 Å². The van der Waals surface area contributed by atoms with E-state index < -0.39 is 59.8 Å². The van der Waals surface area contributed by atoms with Gasteiger partial charge in [0.1, 0.15) is 11.3 Å². The average molecular weight is 661 g/mol. The Morgan fingerprint density at radius 1 is 0.979 bits per heavy atom. The van der Waals surface area contributed by atoms with E-state index in [9.17, 15) is 24.3 Å². The number of aliphatic hydroxyl groups excluding tert-OH is 1. The van der Waals surface area contributed by atoms with Crippen LogP contribution in [0.3, 0.4) is 0 Å². The number of hydrogen-bond acceptors (Lipinski definition) is 9. The number of ether oxygens (including phenoxy) is 1. The summed E-state index contributed by atoms with van der Waals surface area (Å²) in [5.41, 5.74) is 15.5. The number of nitrogens with one attached hydrogen (secondary N) is 2. The maximum absolute atomic E-state index is 14.4. The van der Waals surface area contributed by atoms with Crippen molar-refractivity contribution in [1.82, 2.24) is 20.7 Å². The highest BCUT2D eigenvalue weighted by molar-refractivity contribution is 6.00. The molecule has 3 aromatic rings. The van der Waals surface area contributed by atoms with Crippen molar-refractivity contribution >= 4 is 34.6 Å². The summed E-state index contributed by atoms with van der Waals surface area (Å²) in [6, 6.07) is 16.9. The van der Waals surface area contributed by atoms with Crippen molar-refractivity contribution in [2.45, 2.75) is 83.1 Å². The molecule has 1 aliphatic rings. The number of primary amides is 1. The molecule has 1 heterocycles. The Labute approximate surface area is 281 Å². The lowest BCUT2D eigenvalue weighted by Crippen LogP contribution is -2.55. The maximum Gasteiger partial charge on any atom is 0.422 e. The predicted octanol–water partition coefficient (Wildman–Crippen LogP) is 3.78. The zero-order chi connectivity index (χ0) is 34.8. The van der Waals surface area contributed by atoms with Crippen molar-refractivity contribution in [2.75, 3.05) is 13.1 Å². The molecule has 4 atom stereocenters. The number of ketones is 1. The molecule has 1 saturated carbocycles. The van der Waals surface area contributed by atoms with Crippen LogP contribution in [-0.4, -0.2) is 69.6 Å². The number of nitrogens with two attached hydrogens (primary N) is 2. The molecule has 48 heavy (non-hydrogen) atoms. The molecule has 0 radical (unpaired) electrons. The van der Waals surface area contributed by atoms with Gasteiger partial charge in [0.15, 0.2) is 5.78 Å². The zero-order valence-corrected chi connectivity index (χ0v) is 27.9. The number of carbonyl (C=O) groups excluding carboxylic acids is 4. The second-order valence-corrected chi connectivity index (χ2v) is 13.5. The molecule has 0 bridgehead atoms. The molecule has 7 N–H and O–H groups in total. The van der Waals surface area contributed by atoms with Crippen LogP contribution in [-0.2, 0) is 14.3 Å². The number of Topliss-reactive ketones (excluding diaryl/α,β-unsaturated/α-hetero) is 1. The van der Waals surface area contributed by atoms with Crippen LogP contribution in [0.2, 0.25) is 0 Å². The van der Waals surface area contributed by atoms with Gasteiger partial charge in [0.25, 0.3) is 5.91 Å². The summed E-state index contributed by atoms with van der Waals surface area (Å²) in [6.07, 6.45) is 2.55. The fourth-order valence-electron chi connectivity index (χ4n) is 6.19. The third-order valence-electron chi connectivity index (χ3n) is 8.46. The van der Waals surface area contributed by atoms with E-state index in [0.29, 0.717) is 17.6 Å². The molecule has 4 rings (SSSR count). The van der Waals surface area contributed by atoms with Crippen LogP contribution in [0.4, 0.5) is 4.79 Å². The van der Waals surface area contributed by atoms with Crippen LogP contribution in [0.15, 0.2) is 66.7 Å². The highest BCUT2D eigenvalue weighted by atomic mass is 16.6. The first-order valence-corrected chi connectivity index (χ1v) is 16.5. The predicted molar refractivity (Wildman–Crippen MR) is 182 cm³/mol. The minimum absolute atomic E-state index is 0.0423. The van der Waals surface area contributed by atoms with Crippen molar-refractivity contribution in [3.63, 3.8) is 0 Å². The van der Waals surface area contributed by atoms with Gasteiger partial charge < -0.3 is 26.6 Å². The zero-order valence-electron chi connectivity index (χ0n) is 27.9. The van der Waals surface area contributed by atoms with E-state index in [2.05, 4.69) is 15.7 Å². The second kappa shape index (κ2) is 16.6. The molecular formula is C36H48N6O6. The average Bonchev–Trinajstić information content (AvgIpc) is 3.03. The number of hydrogen-bond donors (Lipinski definition) is 5. The number of aromatic nitrogens is 1. The van der Waals surface area contributed by atoms with Crippen molar-refractivity contribution in [2.24, 2.45) is 23.3 Å². The van der Waals surface area contributed by atoms with Crippen molar-refractivity contribution < 1.29 is 29.0 Å². The monoisotopic (exact) mass is 660 g/mol. The minimum atomic E-state index is -1.43. The van der Waals surface area contributed by atoms with E-state index in [4.69, 9.17) is 16.2 Å². The minimum Gasteiger partial charge on any atom is -0.443 e. The SMILES string of the molecule is CC(C)(C)OC(=O)NN(CC1CCCCC1)CC(O)C(C(=O)[C@H](CC(N)=O)NC(=O)c1ccc2ccccc2n1)C(N)c1ccccc1. The standard InChI is InChI=1S/C36H48N6O6/c1-36(2,3)48-35(47)41-42(21-23-12-6-4-7-13-23)22-29(43)31(32(38)25-15-8-5-9-16-25)33(45)28(20-30(37)44)40-34(46)27-19-18-24-14-10-11-17-26(24)39-27/h5,8-11,14-19,23,28-29,31-32,43H,4,6-7,12-13,20-22,38H2,1-3H3,(H2,37,44)(H,40,46)(H,41,47)/t28-,29?,31?,32?/m0/s1. The summed E-state index contributed by atoms with van der Waals surface area (Å²) in [7, 11) is 0. The van der Waals surface area contributed by atoms with Gasteiger partial charge in [-0.1, -0.05) is 73.9 Å². The summed E-state index contributed by atoms with van der Waals surface area (Å²) < 4.78 is 5.49. The molecule has 12 nitrogen and oxygen atoms in total. The molecule has 3 amide bonds. The summed E-state index contributed by atoms with van der Waals surface area (Å²) in [5.74, 6) is -3.24. The second-order valence-electron chi connectivity index (χ2n) is 13.5. The third kappa shape index (κ3) is 10.6. The van der Waals surface area contributed by atoms with Crippen molar-refractivity contribution in [3.05, 3.63) is 78.0 Å². The van der Waals surface area contributed by atoms with E-state index in [0.717, 1.165) is 37.5 Å². The van der Waals surface area contributed by atoms with E-state index in [1.807, 2.05) is 12.1 Å². The lowest BCUT2D eigenvalue weighted by atomic mass is 9.82. The number of nitrogens with zero attached hydrogens (tertiary/aromatic N) is 2. The Kier molecular flexibility index (Phi) is 12.6. The number of fused-ring (bicyclic) bond motifs is 1. The van der Waals surface area contributed by atoms with Gasteiger partial charge in [-0.25, -0.2) is 14.8 Å². The number of hydrazine groups is 1. The Morgan fingerprint density at radius 2 is 1.65 bits per heavy atom. The van der Waals surface area contributed by atoms with Crippen LogP contribution in [0, 0.1) is 11.8 Å². The highest BCUT2D eigenvalue weighted by Gasteiger charge is 2.40. The van der Waals surface area contributed by atoms with Crippen LogP contribution in [0.5, 0.6) is 0 Å². The molecule has 0 spiro atoms. The Morgan fingerprint density at radius 3 is 2.31 bits per heavy atom. The molecule has 1 aliphatic carbocycles. The Hall–Kier alpha value is -4.39. The van der Waals surface area contributed by atoms with E-state index in [1.54, 1.807) is 74.3 Å². The third-order valence-corrected chi connectivity index (χ3v) is 8.46. The van der Waals surface area contributed by atoms with Gasteiger partial charge in [-0.15, -0.1) is 0 Å². The molecule has 258 valence electrons. The van der Waals surface area contributed by atoms with Crippen molar-refractivity contribution in [1.29, 1.82) is 0 Å². The molecule has 0 saturated heterocycles. The normalized spacial score (nSPS) is 16.5. The van der Waals surface area contributed by atoms with Gasteiger partial charge >= 0.3 is 6.09 Å². The number of aliphatic hydroxyl groups is 1. The number of benzene rings is 2. The lowest BCUT2D eigenvalue weighted by molar-refractivity contribution is -0.132. The van der Waals surface area contributed by atoms with E-state index in [-0.39, 0.29) is 18.2 Å². The number of rotatable bonds is 14. The quantitative estimate of drug-likeness (QED) is 0.160. The number of carbonyl (C=O) groups is 4. The first-order chi connectivity index (χ1) is 22.8. The summed E-state index contributed by atoms with van der Waals surface area (Å²) in [6.45, 7) is 5.51. The van der Waals surface area contributed by atoms with Gasteiger partial charge in [0.2, 0.25) is 5.91 Å². The summed E-state index contributed by atoms with van der Waals surface area (Å²) >= 11 is 0. The number of para-hydroxylation sites is 1. The van der Waals surface area contributed by atoms with Crippen LogP contribution in [0.25, 0.3) is 10.9 Å². The Balaban J connectivity index is 1.63. The van der Waals surface area contributed by atoms with Gasteiger partial charge in [-0.05, 0) is 57.2 Å². The van der Waals surface area contributed by atoms with Gasteiger partial charge in [0.05, 0.1) is 30.0 Å². The molecule has 3 unspecified atom stereocenters. The van der Waals surface area contributed by atoms with Crippen molar-refractivity contribution in [3.8, 4) is 0 Å². The topological polar surface area (TPSA) is 190 Å². The van der Waals surface area contributed by atoms with Crippen LogP contribution < -0.4 is 22.2 Å². The number of amides is 3. The molecule has 1 fully saturated rings. The van der Waals surface area contributed by atoms with Gasteiger partial charge in [0, 0.05) is 24.5 Å². The van der Waals surface area contributed by atoms with E-state index >= 15 is 0 Å². The fourth-order valence-corrected chi connectivity index (χ4v) is 6.19. The molecular weight excluding hydrogens is 612 g/mol. The molecule has 1 aromatic heterocycles. The fraction of sp³-hybridized carbons (Fsp3) is 0.472. The molecule has 12 heteroatoms. The molecule has 2 aromatic carbocycles. The van der Waals surface area contributed by atoms with Gasteiger partial charge in [-0.2, -0.15) is 0 Å². The smallest absolute Gasteiger partial charge is 0.422 e. The first-order valence-electron chi connectivity index (χ1n) is 16.5. The van der Waals surface area contributed by atoms with E-state index in [1.165, 1.54) is 6.07 Å². The summed E-state index contributed by atoms with van der Waals surface area (Å²) in [4.78, 5) is 57.3. The molecule has 0 aliphatic heterocycles. The Bertz CT molecular complexity index is 1560. The lowest BCUT2D eigenvalue weighted by Gasteiger charge is -2.36. The number of pyridine rings is 1. The highest BCUT2D eigenvalue weighted by Crippen LogP contribution is 2.28. The van der Waals surface area contributed by atoms with Gasteiger partial charge in [-0.3, -0.25) is 19.8 Å². The maximum atomic E-state index is 14.4. The first kappa shape index (κ1) is 36.4.